The van der Waals surface area contributed by atoms with Gasteiger partial charge in [-0.05, 0) is 37.5 Å². The Hall–Kier alpha value is -0.540. The van der Waals surface area contributed by atoms with Crippen LogP contribution in [0.5, 0.6) is 5.75 Å². The van der Waals surface area contributed by atoms with E-state index in [1.165, 1.54) is 12.8 Å². The van der Waals surface area contributed by atoms with Crippen LogP contribution in [-0.2, 0) is 0 Å². The molecule has 0 spiro atoms. The molecule has 3 heteroatoms. The zero-order valence-corrected chi connectivity index (χ0v) is 13.2. The van der Waals surface area contributed by atoms with Crippen molar-refractivity contribution >= 4 is 15.9 Å². The molecule has 0 saturated heterocycles. The zero-order valence-electron chi connectivity index (χ0n) is 11.6. The predicted octanol–water partition coefficient (Wildman–Crippen LogP) is 4.67. The van der Waals surface area contributed by atoms with E-state index < -0.39 is 0 Å². The van der Waals surface area contributed by atoms with E-state index in [9.17, 15) is 0 Å². The van der Waals surface area contributed by atoms with Crippen molar-refractivity contribution in [3.05, 3.63) is 28.2 Å². The average molecular weight is 314 g/mol. The number of rotatable bonds is 7. The normalized spacial score (nSPS) is 14.3. The molecule has 0 aliphatic carbocycles. The SMILES string of the molecule is CCCCC(C)C(N)c1cc(Br)ccc1OCC. The molecule has 0 aliphatic heterocycles. The molecule has 0 heterocycles. The molecule has 102 valence electrons. The van der Waals surface area contributed by atoms with E-state index in [2.05, 4.69) is 35.8 Å². The third kappa shape index (κ3) is 4.29. The predicted molar refractivity (Wildman–Crippen MR) is 80.9 cm³/mol. The minimum absolute atomic E-state index is 0.0376. The standard InChI is InChI=1S/C15H24BrNO/c1-4-6-7-11(3)15(17)13-10-12(16)8-9-14(13)18-5-2/h8-11,15H,4-7,17H2,1-3H3. The summed E-state index contributed by atoms with van der Waals surface area (Å²) in [5.41, 5.74) is 7.48. The van der Waals surface area contributed by atoms with Crippen LogP contribution in [0.1, 0.15) is 51.6 Å². The third-order valence-electron chi connectivity index (χ3n) is 3.26. The van der Waals surface area contributed by atoms with Crippen LogP contribution in [0.15, 0.2) is 22.7 Å². The van der Waals surface area contributed by atoms with Crippen LogP contribution >= 0.6 is 15.9 Å². The molecule has 0 radical (unpaired) electrons. The Morgan fingerprint density at radius 1 is 1.33 bits per heavy atom. The van der Waals surface area contributed by atoms with Crippen LogP contribution in [0.2, 0.25) is 0 Å². The first kappa shape index (κ1) is 15.5. The van der Waals surface area contributed by atoms with Gasteiger partial charge in [0.15, 0.2) is 0 Å². The van der Waals surface area contributed by atoms with Crippen molar-refractivity contribution < 1.29 is 4.74 Å². The van der Waals surface area contributed by atoms with Crippen LogP contribution in [0.3, 0.4) is 0 Å². The number of hydrogen-bond donors (Lipinski definition) is 1. The Kier molecular flexibility index (Phi) is 6.72. The number of benzene rings is 1. The van der Waals surface area contributed by atoms with Crippen LogP contribution in [-0.4, -0.2) is 6.61 Å². The molecule has 0 bridgehead atoms. The number of halogens is 1. The van der Waals surface area contributed by atoms with E-state index in [0.29, 0.717) is 12.5 Å². The molecule has 1 aromatic carbocycles. The summed E-state index contributed by atoms with van der Waals surface area (Å²) in [5, 5.41) is 0. The fourth-order valence-corrected chi connectivity index (χ4v) is 2.46. The highest BCUT2D eigenvalue weighted by molar-refractivity contribution is 9.10. The van der Waals surface area contributed by atoms with Crippen LogP contribution in [0.25, 0.3) is 0 Å². The number of ether oxygens (including phenoxy) is 1. The molecule has 2 nitrogen and oxygen atoms in total. The van der Waals surface area contributed by atoms with Gasteiger partial charge in [-0.2, -0.15) is 0 Å². The Morgan fingerprint density at radius 2 is 2.06 bits per heavy atom. The summed E-state index contributed by atoms with van der Waals surface area (Å²) in [4.78, 5) is 0. The third-order valence-corrected chi connectivity index (χ3v) is 3.75. The van der Waals surface area contributed by atoms with E-state index in [4.69, 9.17) is 10.5 Å². The molecule has 2 unspecified atom stereocenters. The average Bonchev–Trinajstić information content (AvgIpc) is 2.37. The van der Waals surface area contributed by atoms with Crippen molar-refractivity contribution in [3.8, 4) is 5.75 Å². The summed E-state index contributed by atoms with van der Waals surface area (Å²) in [7, 11) is 0. The van der Waals surface area contributed by atoms with Gasteiger partial charge in [0.05, 0.1) is 6.61 Å². The highest BCUT2D eigenvalue weighted by Crippen LogP contribution is 2.33. The van der Waals surface area contributed by atoms with Gasteiger partial charge in [-0.25, -0.2) is 0 Å². The van der Waals surface area contributed by atoms with Crippen molar-refractivity contribution in [2.45, 2.75) is 46.1 Å². The molecule has 1 rings (SSSR count). The first-order chi connectivity index (χ1) is 8.60. The fraction of sp³-hybridized carbons (Fsp3) is 0.600. The van der Waals surface area contributed by atoms with Crippen molar-refractivity contribution in [3.63, 3.8) is 0 Å². The topological polar surface area (TPSA) is 35.2 Å². The second-order valence-corrected chi connectivity index (χ2v) is 5.68. The monoisotopic (exact) mass is 313 g/mol. The summed E-state index contributed by atoms with van der Waals surface area (Å²) in [5.74, 6) is 1.38. The summed E-state index contributed by atoms with van der Waals surface area (Å²) >= 11 is 3.51. The molecular formula is C15H24BrNO. The minimum Gasteiger partial charge on any atom is -0.494 e. The van der Waals surface area contributed by atoms with Gasteiger partial charge in [0.25, 0.3) is 0 Å². The molecule has 2 atom stereocenters. The van der Waals surface area contributed by atoms with Gasteiger partial charge in [-0.3, -0.25) is 0 Å². The maximum atomic E-state index is 6.38. The van der Waals surface area contributed by atoms with Gasteiger partial charge in [-0.15, -0.1) is 0 Å². The Labute approximate surface area is 119 Å². The maximum absolute atomic E-state index is 6.38. The molecule has 0 amide bonds. The van der Waals surface area contributed by atoms with Crippen molar-refractivity contribution in [2.24, 2.45) is 11.7 Å². The molecule has 0 saturated carbocycles. The lowest BCUT2D eigenvalue weighted by molar-refractivity contribution is 0.326. The van der Waals surface area contributed by atoms with Gasteiger partial charge in [0.2, 0.25) is 0 Å². The summed E-state index contributed by atoms with van der Waals surface area (Å²) in [6, 6.07) is 6.11. The second kappa shape index (κ2) is 7.80. The molecular weight excluding hydrogens is 290 g/mol. The Bertz CT molecular complexity index is 368. The molecule has 0 aromatic heterocycles. The van der Waals surface area contributed by atoms with Gasteiger partial charge in [-0.1, -0.05) is 42.6 Å². The van der Waals surface area contributed by atoms with Crippen molar-refractivity contribution in [2.75, 3.05) is 6.61 Å². The van der Waals surface area contributed by atoms with Crippen molar-refractivity contribution in [1.82, 2.24) is 0 Å². The largest absolute Gasteiger partial charge is 0.494 e. The lowest BCUT2D eigenvalue weighted by atomic mass is 9.90. The van der Waals surface area contributed by atoms with Gasteiger partial charge in [0, 0.05) is 16.1 Å². The molecule has 0 aliphatic rings. The fourth-order valence-electron chi connectivity index (χ4n) is 2.08. The highest BCUT2D eigenvalue weighted by Gasteiger charge is 2.18. The lowest BCUT2D eigenvalue weighted by Gasteiger charge is -2.22. The second-order valence-electron chi connectivity index (χ2n) is 4.76. The zero-order chi connectivity index (χ0) is 13.5. The minimum atomic E-state index is 0.0376. The molecule has 0 fully saturated rings. The Morgan fingerprint density at radius 3 is 2.67 bits per heavy atom. The van der Waals surface area contributed by atoms with Gasteiger partial charge in [0.1, 0.15) is 5.75 Å². The van der Waals surface area contributed by atoms with Crippen LogP contribution in [0, 0.1) is 5.92 Å². The van der Waals surface area contributed by atoms with E-state index in [-0.39, 0.29) is 6.04 Å². The molecule has 18 heavy (non-hydrogen) atoms. The van der Waals surface area contributed by atoms with Gasteiger partial charge < -0.3 is 10.5 Å². The van der Waals surface area contributed by atoms with E-state index in [1.54, 1.807) is 0 Å². The van der Waals surface area contributed by atoms with Gasteiger partial charge >= 0.3 is 0 Å². The number of nitrogens with two attached hydrogens (primary N) is 1. The lowest BCUT2D eigenvalue weighted by Crippen LogP contribution is -2.20. The van der Waals surface area contributed by atoms with E-state index >= 15 is 0 Å². The summed E-state index contributed by atoms with van der Waals surface area (Å²) < 4.78 is 6.72. The van der Waals surface area contributed by atoms with E-state index in [1.807, 2.05) is 19.1 Å². The quantitative estimate of drug-likeness (QED) is 0.793. The summed E-state index contributed by atoms with van der Waals surface area (Å²) in [6.45, 7) is 7.10. The first-order valence-corrected chi connectivity index (χ1v) is 7.57. The highest BCUT2D eigenvalue weighted by atomic mass is 79.9. The van der Waals surface area contributed by atoms with Crippen molar-refractivity contribution in [1.29, 1.82) is 0 Å². The van der Waals surface area contributed by atoms with Crippen LogP contribution < -0.4 is 10.5 Å². The number of hydrogen-bond acceptors (Lipinski definition) is 2. The smallest absolute Gasteiger partial charge is 0.124 e. The number of unbranched alkanes of at least 4 members (excludes halogenated alkanes) is 1. The Balaban J connectivity index is 2.87. The first-order valence-electron chi connectivity index (χ1n) is 6.77. The molecule has 2 N–H and O–H groups in total. The van der Waals surface area contributed by atoms with Crippen LogP contribution in [0.4, 0.5) is 0 Å². The van der Waals surface area contributed by atoms with E-state index in [0.717, 1.165) is 22.2 Å². The molecule has 1 aromatic rings. The maximum Gasteiger partial charge on any atom is 0.124 e. The summed E-state index contributed by atoms with van der Waals surface area (Å²) in [6.07, 6.45) is 3.61.